The van der Waals surface area contributed by atoms with Gasteiger partial charge in [-0.25, -0.2) is 0 Å². The number of rotatable bonds is 4. The summed E-state index contributed by atoms with van der Waals surface area (Å²) in [7, 11) is 0. The summed E-state index contributed by atoms with van der Waals surface area (Å²) in [6.07, 6.45) is 3.72. The molecule has 0 amide bonds. The molecule has 3 heteroatoms. The Kier molecular flexibility index (Phi) is 2.76. The van der Waals surface area contributed by atoms with E-state index in [1.54, 1.807) is 12.4 Å². The predicted octanol–water partition coefficient (Wildman–Crippen LogP) is 2.73. The van der Waals surface area contributed by atoms with Crippen LogP contribution in [0, 0.1) is 0 Å². The molecule has 0 aliphatic carbocycles. The van der Waals surface area contributed by atoms with Gasteiger partial charge in [0.1, 0.15) is 18.5 Å². The normalized spacial score (nSPS) is 17.8. The Morgan fingerprint density at radius 3 is 2.82 bits per heavy atom. The van der Waals surface area contributed by atoms with Crippen molar-refractivity contribution >= 4 is 0 Å². The van der Waals surface area contributed by atoms with E-state index in [2.05, 4.69) is 4.98 Å². The molecular formula is C14H13NO2. The van der Waals surface area contributed by atoms with Crippen LogP contribution in [0.15, 0.2) is 48.8 Å². The maximum atomic E-state index is 5.78. The smallest absolute Gasteiger partial charge is 0.143 e. The first-order valence-electron chi connectivity index (χ1n) is 5.66. The standard InChI is InChI=1S/C14H13NO2/c1-2-4-11(5-3-1)9-16-13-8-15-7-6-12(13)14-10-17-14/h1-8,14H,9-10H2. The second kappa shape index (κ2) is 4.55. The highest BCUT2D eigenvalue weighted by Gasteiger charge is 2.28. The van der Waals surface area contributed by atoms with E-state index in [0.717, 1.165) is 23.5 Å². The van der Waals surface area contributed by atoms with Gasteiger partial charge in [-0.1, -0.05) is 30.3 Å². The van der Waals surface area contributed by atoms with Crippen LogP contribution in [-0.4, -0.2) is 11.6 Å². The molecule has 3 rings (SSSR count). The van der Waals surface area contributed by atoms with E-state index >= 15 is 0 Å². The summed E-state index contributed by atoms with van der Waals surface area (Å²) < 4.78 is 11.1. The van der Waals surface area contributed by atoms with E-state index < -0.39 is 0 Å². The fraction of sp³-hybridized carbons (Fsp3) is 0.214. The van der Waals surface area contributed by atoms with Crippen molar-refractivity contribution in [3.8, 4) is 5.75 Å². The molecule has 3 nitrogen and oxygen atoms in total. The van der Waals surface area contributed by atoms with Gasteiger partial charge in [-0.3, -0.25) is 4.98 Å². The van der Waals surface area contributed by atoms with E-state index in [1.165, 1.54) is 0 Å². The average molecular weight is 227 g/mol. The van der Waals surface area contributed by atoms with E-state index in [4.69, 9.17) is 9.47 Å². The summed E-state index contributed by atoms with van der Waals surface area (Å²) in [5, 5.41) is 0. The topological polar surface area (TPSA) is 34.6 Å². The van der Waals surface area contributed by atoms with Crippen molar-refractivity contribution in [2.45, 2.75) is 12.7 Å². The fourth-order valence-corrected chi connectivity index (χ4v) is 1.74. The van der Waals surface area contributed by atoms with Crippen molar-refractivity contribution in [1.29, 1.82) is 0 Å². The minimum Gasteiger partial charge on any atom is -0.487 e. The van der Waals surface area contributed by atoms with Gasteiger partial charge in [0, 0.05) is 11.8 Å². The summed E-state index contributed by atoms with van der Waals surface area (Å²) in [5.41, 5.74) is 2.25. The number of hydrogen-bond donors (Lipinski definition) is 0. The van der Waals surface area contributed by atoms with Crippen molar-refractivity contribution in [3.05, 3.63) is 59.9 Å². The Morgan fingerprint density at radius 1 is 1.24 bits per heavy atom. The van der Waals surface area contributed by atoms with Crippen LogP contribution in [0.5, 0.6) is 5.75 Å². The van der Waals surface area contributed by atoms with Gasteiger partial charge >= 0.3 is 0 Å². The van der Waals surface area contributed by atoms with Gasteiger partial charge in [0.25, 0.3) is 0 Å². The van der Waals surface area contributed by atoms with Gasteiger partial charge in [-0.15, -0.1) is 0 Å². The minimum atomic E-state index is 0.198. The lowest BCUT2D eigenvalue weighted by molar-refractivity contribution is 0.297. The van der Waals surface area contributed by atoms with Crippen molar-refractivity contribution < 1.29 is 9.47 Å². The molecular weight excluding hydrogens is 214 g/mol. The summed E-state index contributed by atoms with van der Waals surface area (Å²) in [6.45, 7) is 1.35. The van der Waals surface area contributed by atoms with Crippen LogP contribution in [0.2, 0.25) is 0 Å². The average Bonchev–Trinajstić information content (AvgIpc) is 3.22. The second-order valence-electron chi connectivity index (χ2n) is 4.01. The van der Waals surface area contributed by atoms with Crippen molar-refractivity contribution in [2.24, 2.45) is 0 Å². The number of ether oxygens (including phenoxy) is 2. The molecule has 1 saturated heterocycles. The molecule has 0 N–H and O–H groups in total. The first-order valence-corrected chi connectivity index (χ1v) is 5.66. The minimum absolute atomic E-state index is 0.198. The van der Waals surface area contributed by atoms with Gasteiger partial charge in [0.05, 0.1) is 12.8 Å². The van der Waals surface area contributed by atoms with E-state index in [9.17, 15) is 0 Å². The number of benzene rings is 1. The highest BCUT2D eigenvalue weighted by Crippen LogP contribution is 2.35. The largest absolute Gasteiger partial charge is 0.487 e. The van der Waals surface area contributed by atoms with Gasteiger partial charge in [0.15, 0.2) is 0 Å². The molecule has 1 aromatic heterocycles. The van der Waals surface area contributed by atoms with Crippen molar-refractivity contribution in [2.75, 3.05) is 6.61 Å². The molecule has 0 spiro atoms. The number of hydrogen-bond acceptors (Lipinski definition) is 3. The molecule has 1 atom stereocenters. The Bertz CT molecular complexity index is 495. The van der Waals surface area contributed by atoms with Crippen molar-refractivity contribution in [3.63, 3.8) is 0 Å². The zero-order valence-corrected chi connectivity index (χ0v) is 9.37. The maximum absolute atomic E-state index is 5.78. The molecule has 1 aromatic carbocycles. The van der Waals surface area contributed by atoms with Crippen LogP contribution in [0.3, 0.4) is 0 Å². The van der Waals surface area contributed by atoms with Gasteiger partial charge in [-0.05, 0) is 11.6 Å². The summed E-state index contributed by atoms with van der Waals surface area (Å²) in [6, 6.07) is 12.1. The van der Waals surface area contributed by atoms with Crippen LogP contribution in [0.1, 0.15) is 17.2 Å². The lowest BCUT2D eigenvalue weighted by Crippen LogP contribution is -1.98. The fourth-order valence-electron chi connectivity index (χ4n) is 1.74. The Labute approximate surface area is 100 Å². The first kappa shape index (κ1) is 10.3. The zero-order chi connectivity index (χ0) is 11.5. The molecule has 1 fully saturated rings. The monoisotopic (exact) mass is 227 g/mol. The molecule has 0 radical (unpaired) electrons. The molecule has 2 aromatic rings. The van der Waals surface area contributed by atoms with E-state index in [1.807, 2.05) is 36.4 Å². The number of aromatic nitrogens is 1. The van der Waals surface area contributed by atoms with Crippen molar-refractivity contribution in [1.82, 2.24) is 4.98 Å². The molecule has 1 aliphatic rings. The quantitative estimate of drug-likeness (QED) is 0.753. The zero-order valence-electron chi connectivity index (χ0n) is 9.37. The van der Waals surface area contributed by atoms with Crippen LogP contribution in [0.4, 0.5) is 0 Å². The van der Waals surface area contributed by atoms with E-state index in [0.29, 0.717) is 6.61 Å². The Morgan fingerprint density at radius 2 is 2.06 bits per heavy atom. The number of nitrogens with zero attached hydrogens (tertiary/aromatic N) is 1. The number of epoxide rings is 1. The Balaban J connectivity index is 1.73. The van der Waals surface area contributed by atoms with Gasteiger partial charge in [0.2, 0.25) is 0 Å². The maximum Gasteiger partial charge on any atom is 0.143 e. The third kappa shape index (κ3) is 2.45. The lowest BCUT2D eigenvalue weighted by Gasteiger charge is -2.09. The Hall–Kier alpha value is -1.87. The molecule has 0 bridgehead atoms. The summed E-state index contributed by atoms with van der Waals surface area (Å²) in [5.74, 6) is 0.818. The van der Waals surface area contributed by atoms with Crippen LogP contribution in [0.25, 0.3) is 0 Å². The second-order valence-corrected chi connectivity index (χ2v) is 4.01. The molecule has 1 aliphatic heterocycles. The third-order valence-corrected chi connectivity index (χ3v) is 2.73. The highest BCUT2D eigenvalue weighted by atomic mass is 16.6. The lowest BCUT2D eigenvalue weighted by atomic mass is 10.2. The summed E-state index contributed by atoms with van der Waals surface area (Å²) >= 11 is 0. The molecule has 2 heterocycles. The molecule has 1 unspecified atom stereocenters. The molecule has 17 heavy (non-hydrogen) atoms. The van der Waals surface area contributed by atoms with E-state index in [-0.39, 0.29) is 6.10 Å². The van der Waals surface area contributed by atoms with Gasteiger partial charge in [-0.2, -0.15) is 0 Å². The van der Waals surface area contributed by atoms with Crippen LogP contribution in [-0.2, 0) is 11.3 Å². The highest BCUT2D eigenvalue weighted by molar-refractivity contribution is 5.34. The van der Waals surface area contributed by atoms with Gasteiger partial charge < -0.3 is 9.47 Å². The number of pyridine rings is 1. The molecule has 86 valence electrons. The third-order valence-electron chi connectivity index (χ3n) is 2.73. The predicted molar refractivity (Wildman–Crippen MR) is 63.7 cm³/mol. The summed E-state index contributed by atoms with van der Waals surface area (Å²) in [4.78, 5) is 4.09. The van der Waals surface area contributed by atoms with Crippen LogP contribution < -0.4 is 4.74 Å². The molecule has 0 saturated carbocycles. The first-order chi connectivity index (χ1) is 8.43. The van der Waals surface area contributed by atoms with Crippen LogP contribution >= 0.6 is 0 Å². The SMILES string of the molecule is c1ccc(COc2cnccc2C2CO2)cc1.